The van der Waals surface area contributed by atoms with Gasteiger partial charge in [0.2, 0.25) is 10.3 Å². The van der Waals surface area contributed by atoms with Crippen LogP contribution in [0.1, 0.15) is 47.9 Å². The number of anilines is 2. The number of fused-ring (bicyclic) bond motifs is 2. The zero-order valence-corrected chi connectivity index (χ0v) is 37.4. The standard InChI is InChI=1S/C19H17BrN4O3S2.C19H17ClN4O3S2.Cu/c2*20-12-5-6-14-16(10-12)28-19(21-14)23-22-15-9-11-3-1-7-24-8-2-4-13(17(11)24)18(15)29(25,26)27;/h2*5-6,9-10H,1-4,7-8H2,(H,25,26,27);. The molecular formula is C38H34BrClCuN8O6S4. The third-order valence-corrected chi connectivity index (χ3v) is 15.1. The van der Waals surface area contributed by atoms with E-state index in [1.54, 1.807) is 30.3 Å². The van der Waals surface area contributed by atoms with Gasteiger partial charge in [0.15, 0.2) is 0 Å². The molecule has 4 aliphatic rings. The van der Waals surface area contributed by atoms with Crippen LogP contribution in [0.3, 0.4) is 0 Å². The van der Waals surface area contributed by atoms with E-state index in [9.17, 15) is 25.9 Å². The molecule has 0 amide bonds. The van der Waals surface area contributed by atoms with Crippen molar-refractivity contribution in [2.24, 2.45) is 20.5 Å². The summed E-state index contributed by atoms with van der Waals surface area (Å²) in [5.41, 5.74) is 7.26. The molecule has 0 atom stereocenters. The first-order valence-corrected chi connectivity index (χ1v) is 24.3. The fraction of sp³-hybridized carbons (Fsp3) is 0.316. The molecule has 4 aliphatic heterocycles. The molecule has 0 unspecified atom stereocenters. The Bertz CT molecular complexity index is 2740. The van der Waals surface area contributed by atoms with Crippen LogP contribution >= 0.6 is 50.2 Å². The summed E-state index contributed by atoms with van der Waals surface area (Å²) in [5, 5.41) is 18.3. The average molecular weight is 1010 g/mol. The van der Waals surface area contributed by atoms with Crippen LogP contribution in [0.2, 0.25) is 5.02 Å². The fourth-order valence-corrected chi connectivity index (χ4v) is 12.6. The quantitative estimate of drug-likeness (QED) is 0.0922. The zero-order chi connectivity index (χ0) is 40.3. The largest absolute Gasteiger partial charge is 0.371 e. The minimum absolute atomic E-state index is 0. The number of azo groups is 2. The van der Waals surface area contributed by atoms with E-state index in [4.69, 9.17) is 11.6 Å². The number of halogens is 2. The molecule has 311 valence electrons. The maximum absolute atomic E-state index is 12.3. The van der Waals surface area contributed by atoms with Gasteiger partial charge in [-0.25, -0.2) is 9.97 Å². The smallest absolute Gasteiger partial charge is 0.297 e. The summed E-state index contributed by atoms with van der Waals surface area (Å²) >= 11 is 12.1. The molecule has 59 heavy (non-hydrogen) atoms. The van der Waals surface area contributed by atoms with Crippen LogP contribution in [0.4, 0.5) is 33.0 Å². The van der Waals surface area contributed by atoms with Crippen molar-refractivity contribution in [1.82, 2.24) is 9.97 Å². The molecule has 14 nitrogen and oxygen atoms in total. The third kappa shape index (κ3) is 8.58. The summed E-state index contributed by atoms with van der Waals surface area (Å²) in [4.78, 5) is 13.0. The van der Waals surface area contributed by atoms with Gasteiger partial charge in [0.05, 0.1) is 20.4 Å². The Balaban J connectivity index is 0.000000161. The molecule has 0 spiro atoms. The first kappa shape index (κ1) is 42.3. The zero-order valence-electron chi connectivity index (χ0n) is 30.9. The van der Waals surface area contributed by atoms with Gasteiger partial charge in [-0.3, -0.25) is 9.11 Å². The van der Waals surface area contributed by atoms with Gasteiger partial charge < -0.3 is 9.80 Å². The van der Waals surface area contributed by atoms with Crippen LogP contribution in [-0.4, -0.2) is 62.1 Å². The second-order valence-electron chi connectivity index (χ2n) is 14.4. The van der Waals surface area contributed by atoms with Gasteiger partial charge in [-0.15, -0.1) is 20.5 Å². The number of hydrogen-bond donors (Lipinski definition) is 2. The number of thiazole rings is 2. The molecule has 6 heterocycles. The molecule has 0 fully saturated rings. The van der Waals surface area contributed by atoms with Crippen molar-refractivity contribution < 1.29 is 43.0 Å². The predicted molar refractivity (Wildman–Crippen MR) is 231 cm³/mol. The Morgan fingerprint density at radius 1 is 0.627 bits per heavy atom. The van der Waals surface area contributed by atoms with Gasteiger partial charge in [-0.2, -0.15) is 16.8 Å². The predicted octanol–water partition coefficient (Wildman–Crippen LogP) is 10.7. The van der Waals surface area contributed by atoms with Crippen molar-refractivity contribution >= 4 is 124 Å². The summed E-state index contributed by atoms with van der Waals surface area (Å²) < 4.78 is 71.7. The van der Waals surface area contributed by atoms with Gasteiger partial charge in [0.1, 0.15) is 21.2 Å². The van der Waals surface area contributed by atoms with E-state index in [1.807, 2.05) is 18.2 Å². The number of benzene rings is 4. The van der Waals surface area contributed by atoms with Crippen molar-refractivity contribution in [3.05, 3.63) is 80.3 Å². The Morgan fingerprint density at radius 2 is 1.07 bits per heavy atom. The third-order valence-electron chi connectivity index (χ3n) is 10.6. The average Bonchev–Trinajstić information content (AvgIpc) is 3.78. The summed E-state index contributed by atoms with van der Waals surface area (Å²) in [6.07, 6.45) is 6.63. The van der Waals surface area contributed by atoms with Gasteiger partial charge in [-0.1, -0.05) is 50.2 Å². The van der Waals surface area contributed by atoms with Crippen LogP contribution in [0, 0.1) is 0 Å². The topological polar surface area (TPSA) is 190 Å². The molecule has 21 heteroatoms. The van der Waals surface area contributed by atoms with Crippen molar-refractivity contribution in [3.8, 4) is 0 Å². The molecular weight excluding hydrogens is 972 g/mol. The number of rotatable bonds is 6. The van der Waals surface area contributed by atoms with Crippen molar-refractivity contribution in [3.63, 3.8) is 0 Å². The summed E-state index contributed by atoms with van der Waals surface area (Å²) in [6, 6.07) is 14.6. The number of aromatic nitrogens is 2. The Morgan fingerprint density at radius 3 is 1.54 bits per heavy atom. The van der Waals surface area contributed by atoms with E-state index in [0.29, 0.717) is 39.3 Å². The fourth-order valence-electron chi connectivity index (χ4n) is 8.40. The Hall–Kier alpha value is -3.43. The second-order valence-corrected chi connectivity index (χ2v) is 20.5. The van der Waals surface area contributed by atoms with Crippen LogP contribution in [0.5, 0.6) is 0 Å². The first-order valence-electron chi connectivity index (χ1n) is 18.6. The SMILES string of the molecule is O=S(=O)(O)c1c(N=Nc2nc3ccc(Br)cc3s2)cc2c3c1CCCN3CCC2.O=S(=O)(O)c1c(N=Nc2nc3ccc(Cl)cc3s2)cc2c3c1CCCN3CCC2.[Cu]. The maximum atomic E-state index is 12.3. The van der Waals surface area contributed by atoms with Crippen molar-refractivity contribution in [1.29, 1.82) is 0 Å². The van der Waals surface area contributed by atoms with E-state index in [2.05, 4.69) is 56.2 Å². The molecule has 2 N–H and O–H groups in total. The molecule has 4 aromatic carbocycles. The van der Waals surface area contributed by atoms with Gasteiger partial charge in [0, 0.05) is 64.1 Å². The van der Waals surface area contributed by atoms with Crippen LogP contribution < -0.4 is 9.80 Å². The molecule has 1 radical (unpaired) electrons. The maximum Gasteiger partial charge on any atom is 0.297 e. The molecule has 0 saturated carbocycles. The summed E-state index contributed by atoms with van der Waals surface area (Å²) in [7, 11) is -8.89. The van der Waals surface area contributed by atoms with Crippen LogP contribution in [0.15, 0.2) is 83.3 Å². The number of hydrogen-bond acceptors (Lipinski definition) is 14. The van der Waals surface area contributed by atoms with E-state index in [0.717, 1.165) is 112 Å². The monoisotopic (exact) mass is 1000 g/mol. The molecule has 0 saturated heterocycles. The van der Waals surface area contributed by atoms with Crippen LogP contribution in [0.25, 0.3) is 20.4 Å². The summed E-state index contributed by atoms with van der Waals surface area (Å²) in [6.45, 7) is 3.63. The van der Waals surface area contributed by atoms with Crippen molar-refractivity contribution in [2.45, 2.75) is 61.2 Å². The Labute approximate surface area is 371 Å². The summed E-state index contributed by atoms with van der Waals surface area (Å²) in [5.74, 6) is 0. The molecule has 0 aliphatic carbocycles. The molecule has 2 aromatic heterocycles. The second kappa shape index (κ2) is 16.8. The van der Waals surface area contributed by atoms with Gasteiger partial charge >= 0.3 is 0 Å². The van der Waals surface area contributed by atoms with E-state index < -0.39 is 20.2 Å². The van der Waals surface area contributed by atoms with Crippen LogP contribution in [-0.2, 0) is 63.0 Å². The van der Waals surface area contributed by atoms with E-state index in [1.165, 1.54) is 22.7 Å². The van der Waals surface area contributed by atoms with Gasteiger partial charge in [-0.05, 0) is 122 Å². The van der Waals surface area contributed by atoms with Gasteiger partial charge in [0.25, 0.3) is 20.2 Å². The molecule has 10 rings (SSSR count). The van der Waals surface area contributed by atoms with Crippen molar-refractivity contribution in [2.75, 3.05) is 36.0 Å². The first-order chi connectivity index (χ1) is 27.8. The van der Waals surface area contributed by atoms with E-state index >= 15 is 0 Å². The molecule has 6 aromatic rings. The molecule has 0 bridgehead atoms. The minimum atomic E-state index is -4.45. The number of nitrogens with zero attached hydrogens (tertiary/aromatic N) is 8. The normalized spacial score (nSPS) is 16.3. The van der Waals surface area contributed by atoms with E-state index in [-0.39, 0.29) is 38.2 Å². The Kier molecular flexibility index (Phi) is 12.0. The number of aryl methyl sites for hydroxylation is 2. The minimum Gasteiger partial charge on any atom is -0.371 e.